The van der Waals surface area contributed by atoms with Crippen LogP contribution < -0.4 is 15.2 Å². The van der Waals surface area contributed by atoms with Crippen molar-refractivity contribution in [2.75, 3.05) is 19.8 Å². The van der Waals surface area contributed by atoms with Crippen LogP contribution in [0, 0.1) is 6.92 Å². The first-order chi connectivity index (χ1) is 9.25. The van der Waals surface area contributed by atoms with Gasteiger partial charge in [0.05, 0.1) is 0 Å². The second-order valence-corrected chi connectivity index (χ2v) is 5.88. The molecular weight excluding hydrogens is 238 g/mol. The van der Waals surface area contributed by atoms with Crippen LogP contribution >= 0.6 is 0 Å². The maximum absolute atomic E-state index is 6.16. The van der Waals surface area contributed by atoms with E-state index in [4.69, 9.17) is 15.2 Å². The van der Waals surface area contributed by atoms with Crippen LogP contribution in [-0.4, -0.2) is 19.8 Å². The Morgan fingerprint density at radius 3 is 2.58 bits per heavy atom. The Balaban J connectivity index is 2.09. The number of fused-ring (bicyclic) bond motifs is 1. The van der Waals surface area contributed by atoms with E-state index in [1.807, 2.05) is 0 Å². The Bertz CT molecular complexity index is 464. The highest BCUT2D eigenvalue weighted by Crippen LogP contribution is 2.47. The molecule has 0 aromatic heterocycles. The zero-order valence-corrected chi connectivity index (χ0v) is 11.7. The highest BCUT2D eigenvalue weighted by atomic mass is 16.6. The minimum absolute atomic E-state index is 0.0923. The van der Waals surface area contributed by atoms with E-state index in [9.17, 15) is 0 Å². The molecule has 1 heterocycles. The summed E-state index contributed by atoms with van der Waals surface area (Å²) in [5, 5.41) is 0. The summed E-state index contributed by atoms with van der Waals surface area (Å²) in [6, 6.07) is 4.33. The molecule has 2 N–H and O–H groups in total. The molecular formula is C16H23NO2. The van der Waals surface area contributed by atoms with Crippen molar-refractivity contribution in [3.8, 4) is 11.5 Å². The number of hydrogen-bond acceptors (Lipinski definition) is 3. The number of hydrogen-bond donors (Lipinski definition) is 1. The van der Waals surface area contributed by atoms with Gasteiger partial charge in [0.15, 0.2) is 11.5 Å². The summed E-state index contributed by atoms with van der Waals surface area (Å²) in [7, 11) is 0. The van der Waals surface area contributed by atoms with Crippen molar-refractivity contribution in [2.24, 2.45) is 5.73 Å². The highest BCUT2D eigenvalue weighted by Gasteiger charge is 2.37. The second kappa shape index (κ2) is 5.04. The number of rotatable bonds is 2. The lowest BCUT2D eigenvalue weighted by Crippen LogP contribution is -2.38. The monoisotopic (exact) mass is 261 g/mol. The summed E-state index contributed by atoms with van der Waals surface area (Å²) in [6.45, 7) is 4.11. The molecule has 19 heavy (non-hydrogen) atoms. The molecule has 1 aliphatic carbocycles. The smallest absolute Gasteiger partial charge is 0.165 e. The van der Waals surface area contributed by atoms with Gasteiger partial charge >= 0.3 is 0 Å². The minimum atomic E-state index is 0.0923. The molecule has 0 saturated heterocycles. The van der Waals surface area contributed by atoms with E-state index in [-0.39, 0.29) is 5.41 Å². The molecule has 0 spiro atoms. The molecule has 1 aliphatic heterocycles. The van der Waals surface area contributed by atoms with E-state index in [1.54, 1.807) is 0 Å². The van der Waals surface area contributed by atoms with E-state index < -0.39 is 0 Å². The van der Waals surface area contributed by atoms with E-state index >= 15 is 0 Å². The van der Waals surface area contributed by atoms with E-state index in [0.717, 1.165) is 11.5 Å². The minimum Gasteiger partial charge on any atom is -0.486 e. The Morgan fingerprint density at radius 1 is 1.11 bits per heavy atom. The summed E-state index contributed by atoms with van der Waals surface area (Å²) < 4.78 is 11.7. The van der Waals surface area contributed by atoms with Crippen molar-refractivity contribution in [2.45, 2.75) is 44.4 Å². The van der Waals surface area contributed by atoms with Gasteiger partial charge in [0.1, 0.15) is 13.2 Å². The molecule has 3 heteroatoms. The van der Waals surface area contributed by atoms with Crippen LogP contribution in [0.15, 0.2) is 12.1 Å². The lowest BCUT2D eigenvalue weighted by molar-refractivity contribution is 0.164. The Kier molecular flexibility index (Phi) is 3.40. The van der Waals surface area contributed by atoms with Crippen molar-refractivity contribution in [1.29, 1.82) is 0 Å². The third kappa shape index (κ3) is 2.20. The van der Waals surface area contributed by atoms with Crippen LogP contribution in [0.5, 0.6) is 11.5 Å². The van der Waals surface area contributed by atoms with Gasteiger partial charge in [0, 0.05) is 17.5 Å². The maximum Gasteiger partial charge on any atom is 0.165 e. The molecule has 1 aromatic rings. The average molecular weight is 261 g/mol. The molecule has 0 atom stereocenters. The summed E-state index contributed by atoms with van der Waals surface area (Å²) in [4.78, 5) is 0. The topological polar surface area (TPSA) is 44.5 Å². The Hall–Kier alpha value is -1.22. The summed E-state index contributed by atoms with van der Waals surface area (Å²) in [6.07, 6.45) is 6.19. The fourth-order valence-electron chi connectivity index (χ4n) is 3.50. The number of ether oxygens (including phenoxy) is 2. The van der Waals surface area contributed by atoms with E-state index in [0.29, 0.717) is 19.8 Å². The standard InChI is InChI=1S/C16H23NO2/c1-12-9-13(15-14(10-12)18-7-8-19-15)16(11-17)5-3-2-4-6-16/h9-10H,2-8,11,17H2,1H3. The van der Waals surface area contributed by atoms with Crippen LogP contribution in [0.2, 0.25) is 0 Å². The van der Waals surface area contributed by atoms with Crippen LogP contribution in [0.25, 0.3) is 0 Å². The van der Waals surface area contributed by atoms with Crippen molar-refractivity contribution in [1.82, 2.24) is 0 Å². The normalized spacial score (nSPS) is 21.2. The first-order valence-corrected chi connectivity index (χ1v) is 7.36. The fraction of sp³-hybridized carbons (Fsp3) is 0.625. The highest BCUT2D eigenvalue weighted by molar-refractivity contribution is 5.53. The number of benzene rings is 1. The second-order valence-electron chi connectivity index (χ2n) is 5.88. The van der Waals surface area contributed by atoms with Gasteiger partial charge in [-0.15, -0.1) is 0 Å². The number of aryl methyl sites for hydroxylation is 1. The van der Waals surface area contributed by atoms with Gasteiger partial charge in [-0.25, -0.2) is 0 Å². The molecule has 104 valence electrons. The molecule has 1 aromatic carbocycles. The van der Waals surface area contributed by atoms with Crippen LogP contribution in [0.4, 0.5) is 0 Å². The predicted octanol–water partition coefficient (Wildman–Crippen LogP) is 2.93. The predicted molar refractivity (Wildman–Crippen MR) is 76.0 cm³/mol. The molecule has 0 radical (unpaired) electrons. The van der Waals surface area contributed by atoms with Crippen molar-refractivity contribution in [3.05, 3.63) is 23.3 Å². The van der Waals surface area contributed by atoms with Gasteiger partial charge in [0.2, 0.25) is 0 Å². The third-order valence-electron chi connectivity index (χ3n) is 4.56. The molecule has 0 amide bonds. The molecule has 2 aliphatic rings. The first kappa shape index (κ1) is 12.8. The molecule has 1 saturated carbocycles. The number of nitrogens with two attached hydrogens (primary N) is 1. The van der Waals surface area contributed by atoms with Crippen molar-refractivity contribution >= 4 is 0 Å². The first-order valence-electron chi connectivity index (χ1n) is 7.36. The van der Waals surface area contributed by atoms with Crippen LogP contribution in [0.3, 0.4) is 0 Å². The van der Waals surface area contributed by atoms with E-state index in [2.05, 4.69) is 19.1 Å². The molecule has 1 fully saturated rings. The summed E-state index contributed by atoms with van der Waals surface area (Å²) >= 11 is 0. The molecule has 0 unspecified atom stereocenters. The van der Waals surface area contributed by atoms with Gasteiger partial charge in [0.25, 0.3) is 0 Å². The lowest BCUT2D eigenvalue weighted by atomic mass is 9.69. The molecule has 0 bridgehead atoms. The fourth-order valence-corrected chi connectivity index (χ4v) is 3.50. The lowest BCUT2D eigenvalue weighted by Gasteiger charge is -2.39. The summed E-state index contributed by atoms with van der Waals surface area (Å²) in [5.41, 5.74) is 8.77. The Morgan fingerprint density at radius 2 is 1.84 bits per heavy atom. The van der Waals surface area contributed by atoms with Gasteiger partial charge in [-0.1, -0.05) is 25.3 Å². The quantitative estimate of drug-likeness (QED) is 0.890. The SMILES string of the molecule is Cc1cc2c(c(C3(CN)CCCCC3)c1)OCCO2. The maximum atomic E-state index is 6.16. The van der Waals surface area contributed by atoms with Gasteiger partial charge in [-0.2, -0.15) is 0 Å². The zero-order chi connectivity index (χ0) is 13.3. The van der Waals surface area contributed by atoms with Crippen molar-refractivity contribution < 1.29 is 9.47 Å². The average Bonchev–Trinajstić information content (AvgIpc) is 2.47. The van der Waals surface area contributed by atoms with Crippen molar-refractivity contribution in [3.63, 3.8) is 0 Å². The Labute approximate surface area is 115 Å². The summed E-state index contributed by atoms with van der Waals surface area (Å²) in [5.74, 6) is 1.85. The van der Waals surface area contributed by atoms with E-state index in [1.165, 1.54) is 43.2 Å². The van der Waals surface area contributed by atoms with Gasteiger partial charge in [-0.3, -0.25) is 0 Å². The zero-order valence-electron chi connectivity index (χ0n) is 11.7. The molecule has 3 rings (SSSR count). The van der Waals surface area contributed by atoms with Crippen LogP contribution in [-0.2, 0) is 5.41 Å². The largest absolute Gasteiger partial charge is 0.486 e. The van der Waals surface area contributed by atoms with Gasteiger partial charge in [-0.05, 0) is 31.4 Å². The van der Waals surface area contributed by atoms with Gasteiger partial charge < -0.3 is 15.2 Å². The third-order valence-corrected chi connectivity index (χ3v) is 4.56. The molecule has 3 nitrogen and oxygen atoms in total. The van der Waals surface area contributed by atoms with Crippen LogP contribution in [0.1, 0.15) is 43.2 Å².